The van der Waals surface area contributed by atoms with Gasteiger partial charge in [0.25, 0.3) is 0 Å². The molecule has 1 amide bonds. The third kappa shape index (κ3) is 4.23. The Labute approximate surface area is 102 Å². The van der Waals surface area contributed by atoms with Crippen LogP contribution in [-0.2, 0) is 4.79 Å². The maximum Gasteiger partial charge on any atom is 0.227 e. The molecule has 1 aromatic rings. The molecule has 16 heavy (non-hydrogen) atoms. The van der Waals surface area contributed by atoms with E-state index in [0.29, 0.717) is 6.54 Å². The van der Waals surface area contributed by atoms with Crippen molar-refractivity contribution in [1.29, 1.82) is 0 Å². The summed E-state index contributed by atoms with van der Waals surface area (Å²) in [5, 5.41) is 2.99. The highest BCUT2D eigenvalue weighted by molar-refractivity contribution is 6.20. The number of carbonyl (C=O) groups excluding carboxylic acids is 1. The van der Waals surface area contributed by atoms with Crippen LogP contribution in [0.15, 0.2) is 30.3 Å². The predicted molar refractivity (Wildman–Crippen MR) is 67.8 cm³/mol. The minimum Gasteiger partial charge on any atom is -0.356 e. The first-order valence-corrected chi connectivity index (χ1v) is 6.01. The quantitative estimate of drug-likeness (QED) is 0.787. The van der Waals surface area contributed by atoms with Crippen molar-refractivity contribution in [2.45, 2.75) is 31.6 Å². The molecule has 1 N–H and O–H groups in total. The van der Waals surface area contributed by atoms with E-state index in [0.717, 1.165) is 12.0 Å². The second kappa shape index (κ2) is 6.54. The lowest BCUT2D eigenvalue weighted by Crippen LogP contribution is -2.29. The zero-order valence-electron chi connectivity index (χ0n) is 9.74. The summed E-state index contributed by atoms with van der Waals surface area (Å²) >= 11 is 5.81. The summed E-state index contributed by atoms with van der Waals surface area (Å²) in [6, 6.07) is 9.77. The Morgan fingerprint density at radius 2 is 1.94 bits per heavy atom. The molecule has 3 heteroatoms. The summed E-state index contributed by atoms with van der Waals surface area (Å²) < 4.78 is 0. The van der Waals surface area contributed by atoms with Crippen molar-refractivity contribution in [3.8, 4) is 0 Å². The van der Waals surface area contributed by atoms with Gasteiger partial charge in [0, 0.05) is 11.9 Å². The number of nitrogens with one attached hydrogen (secondary N) is 1. The summed E-state index contributed by atoms with van der Waals surface area (Å²) in [6.45, 7) is 4.48. The van der Waals surface area contributed by atoms with Gasteiger partial charge in [-0.15, -0.1) is 11.6 Å². The van der Waals surface area contributed by atoms with Crippen LogP contribution >= 0.6 is 11.6 Å². The Morgan fingerprint density at radius 3 is 2.50 bits per heavy atom. The van der Waals surface area contributed by atoms with E-state index >= 15 is 0 Å². The second-order valence-electron chi connectivity index (χ2n) is 3.99. The number of benzene rings is 1. The standard InChI is InChI=1S/C13H18ClNO/c1-10(14)8-9-15-13(16)11(2)12-6-4-3-5-7-12/h3-7,10-11H,8-9H2,1-2H3,(H,15,16). The van der Waals surface area contributed by atoms with E-state index in [4.69, 9.17) is 11.6 Å². The van der Waals surface area contributed by atoms with Crippen LogP contribution in [0.3, 0.4) is 0 Å². The monoisotopic (exact) mass is 239 g/mol. The topological polar surface area (TPSA) is 29.1 Å². The van der Waals surface area contributed by atoms with Crippen molar-refractivity contribution in [2.75, 3.05) is 6.54 Å². The van der Waals surface area contributed by atoms with Gasteiger partial charge in [-0.25, -0.2) is 0 Å². The average molecular weight is 240 g/mol. The molecule has 0 saturated heterocycles. The van der Waals surface area contributed by atoms with Crippen molar-refractivity contribution in [2.24, 2.45) is 0 Å². The van der Waals surface area contributed by atoms with Gasteiger partial charge in [-0.05, 0) is 25.8 Å². The van der Waals surface area contributed by atoms with Gasteiger partial charge in [0.05, 0.1) is 5.92 Å². The number of carbonyl (C=O) groups is 1. The van der Waals surface area contributed by atoms with E-state index in [1.54, 1.807) is 0 Å². The van der Waals surface area contributed by atoms with Crippen LogP contribution in [0.1, 0.15) is 31.7 Å². The van der Waals surface area contributed by atoms with Crippen molar-refractivity contribution < 1.29 is 4.79 Å². The van der Waals surface area contributed by atoms with Crippen LogP contribution in [0.4, 0.5) is 0 Å². The number of alkyl halides is 1. The van der Waals surface area contributed by atoms with Gasteiger partial charge in [0.15, 0.2) is 0 Å². The fraction of sp³-hybridized carbons (Fsp3) is 0.462. The van der Waals surface area contributed by atoms with Crippen LogP contribution in [0.25, 0.3) is 0 Å². The van der Waals surface area contributed by atoms with E-state index < -0.39 is 0 Å². The Morgan fingerprint density at radius 1 is 1.31 bits per heavy atom. The van der Waals surface area contributed by atoms with Gasteiger partial charge in [-0.1, -0.05) is 30.3 Å². The lowest BCUT2D eigenvalue weighted by Gasteiger charge is -2.12. The number of rotatable bonds is 5. The van der Waals surface area contributed by atoms with E-state index in [9.17, 15) is 4.79 Å². The SMILES string of the molecule is CC(Cl)CCNC(=O)C(C)c1ccccc1. The number of halogens is 1. The zero-order chi connectivity index (χ0) is 12.0. The summed E-state index contributed by atoms with van der Waals surface area (Å²) in [6.07, 6.45) is 0.800. The first-order valence-electron chi connectivity index (χ1n) is 5.58. The Balaban J connectivity index is 2.43. The summed E-state index contributed by atoms with van der Waals surface area (Å²) in [7, 11) is 0. The lowest BCUT2D eigenvalue weighted by molar-refractivity contribution is -0.122. The second-order valence-corrected chi connectivity index (χ2v) is 4.74. The molecule has 2 nitrogen and oxygen atoms in total. The van der Waals surface area contributed by atoms with Crippen LogP contribution in [0.2, 0.25) is 0 Å². The van der Waals surface area contributed by atoms with Crippen molar-refractivity contribution in [3.05, 3.63) is 35.9 Å². The largest absolute Gasteiger partial charge is 0.356 e. The van der Waals surface area contributed by atoms with Gasteiger partial charge in [0.2, 0.25) is 5.91 Å². The van der Waals surface area contributed by atoms with Crippen molar-refractivity contribution in [3.63, 3.8) is 0 Å². The molecule has 0 radical (unpaired) electrons. The molecule has 0 aliphatic carbocycles. The third-order valence-electron chi connectivity index (χ3n) is 2.53. The highest BCUT2D eigenvalue weighted by Gasteiger charge is 2.13. The molecule has 1 rings (SSSR count). The summed E-state index contributed by atoms with van der Waals surface area (Å²) in [5.41, 5.74) is 1.04. The number of hydrogen-bond donors (Lipinski definition) is 1. The molecule has 0 fully saturated rings. The molecule has 88 valence electrons. The van der Waals surface area contributed by atoms with Gasteiger partial charge in [0.1, 0.15) is 0 Å². The van der Waals surface area contributed by atoms with E-state index in [-0.39, 0.29) is 17.2 Å². The minimum atomic E-state index is -0.105. The zero-order valence-corrected chi connectivity index (χ0v) is 10.5. The maximum atomic E-state index is 11.8. The van der Waals surface area contributed by atoms with E-state index in [1.807, 2.05) is 44.2 Å². The van der Waals surface area contributed by atoms with Crippen LogP contribution in [0.5, 0.6) is 0 Å². The lowest BCUT2D eigenvalue weighted by atomic mass is 10.0. The normalized spacial score (nSPS) is 14.2. The average Bonchev–Trinajstić information content (AvgIpc) is 2.28. The molecular formula is C13H18ClNO. The van der Waals surface area contributed by atoms with Crippen LogP contribution in [0, 0.1) is 0 Å². The first kappa shape index (κ1) is 13.0. The minimum absolute atomic E-state index is 0.0588. The van der Waals surface area contributed by atoms with Gasteiger partial charge < -0.3 is 5.32 Å². The summed E-state index contributed by atoms with van der Waals surface area (Å²) in [4.78, 5) is 11.8. The molecule has 0 saturated carbocycles. The Kier molecular flexibility index (Phi) is 5.33. The molecule has 1 aromatic carbocycles. The molecule has 0 aliphatic heterocycles. The molecule has 0 spiro atoms. The van der Waals surface area contributed by atoms with Crippen LogP contribution in [-0.4, -0.2) is 17.8 Å². The van der Waals surface area contributed by atoms with Gasteiger partial charge in [-0.2, -0.15) is 0 Å². The first-order chi connectivity index (χ1) is 7.61. The number of hydrogen-bond acceptors (Lipinski definition) is 1. The highest BCUT2D eigenvalue weighted by atomic mass is 35.5. The molecule has 2 atom stereocenters. The highest BCUT2D eigenvalue weighted by Crippen LogP contribution is 2.14. The van der Waals surface area contributed by atoms with Crippen LogP contribution < -0.4 is 5.32 Å². The molecule has 2 unspecified atom stereocenters. The molecule has 0 heterocycles. The molecular weight excluding hydrogens is 222 g/mol. The number of amides is 1. The Bertz CT molecular complexity index is 324. The molecule has 0 bridgehead atoms. The van der Waals surface area contributed by atoms with E-state index in [2.05, 4.69) is 5.32 Å². The van der Waals surface area contributed by atoms with Crippen molar-refractivity contribution in [1.82, 2.24) is 5.32 Å². The van der Waals surface area contributed by atoms with Crippen molar-refractivity contribution >= 4 is 17.5 Å². The fourth-order valence-electron chi connectivity index (χ4n) is 1.44. The van der Waals surface area contributed by atoms with Gasteiger partial charge >= 0.3 is 0 Å². The molecule has 0 aliphatic rings. The predicted octanol–water partition coefficient (Wildman–Crippen LogP) is 2.92. The Hall–Kier alpha value is -1.02. The fourth-order valence-corrected chi connectivity index (χ4v) is 1.55. The van der Waals surface area contributed by atoms with Gasteiger partial charge in [-0.3, -0.25) is 4.79 Å². The van der Waals surface area contributed by atoms with E-state index in [1.165, 1.54) is 0 Å². The summed E-state index contributed by atoms with van der Waals surface area (Å²) in [5.74, 6) is -0.0460. The maximum absolute atomic E-state index is 11.8. The third-order valence-corrected chi connectivity index (χ3v) is 2.75. The molecule has 0 aromatic heterocycles. The smallest absolute Gasteiger partial charge is 0.227 e.